The van der Waals surface area contributed by atoms with Crippen LogP contribution in [0.25, 0.3) is 0 Å². The number of rotatable bonds is 7. The molecule has 0 unspecified atom stereocenters. The van der Waals surface area contributed by atoms with Crippen LogP contribution in [0.1, 0.15) is 27.5 Å². The molecule has 0 aliphatic carbocycles. The van der Waals surface area contributed by atoms with Gasteiger partial charge in [0.25, 0.3) is 0 Å². The minimum atomic E-state index is -3.96. The molecule has 1 aliphatic rings. The lowest BCUT2D eigenvalue weighted by Gasteiger charge is -2.31. The lowest BCUT2D eigenvalue weighted by atomic mass is 10.1. The summed E-state index contributed by atoms with van der Waals surface area (Å²) in [6.45, 7) is 5.21. The van der Waals surface area contributed by atoms with Gasteiger partial charge >= 0.3 is 5.97 Å². The van der Waals surface area contributed by atoms with Crippen molar-refractivity contribution in [1.82, 2.24) is 9.62 Å². The first-order valence-corrected chi connectivity index (χ1v) is 11.0. The summed E-state index contributed by atoms with van der Waals surface area (Å²) in [4.78, 5) is 14.1. The van der Waals surface area contributed by atoms with Crippen molar-refractivity contribution in [1.29, 1.82) is 0 Å². The number of aryl methyl sites for hydroxylation is 1. The van der Waals surface area contributed by atoms with Crippen LogP contribution in [-0.2, 0) is 19.5 Å². The van der Waals surface area contributed by atoms with Gasteiger partial charge < -0.3 is 9.47 Å². The second-order valence-corrected chi connectivity index (χ2v) is 8.67. The molecule has 8 heteroatoms. The third-order valence-electron chi connectivity index (χ3n) is 4.90. The van der Waals surface area contributed by atoms with Crippen molar-refractivity contribution in [3.63, 3.8) is 0 Å². The minimum Gasteiger partial charge on any atom is -0.465 e. The number of benzene rings is 2. The summed E-state index contributed by atoms with van der Waals surface area (Å²) < 4.78 is 39.3. The third kappa shape index (κ3) is 5.42. The number of carbonyl (C=O) groups excluding carboxylic acids is 1. The molecule has 1 N–H and O–H groups in total. The quantitative estimate of drug-likeness (QED) is 0.694. The Balaban J connectivity index is 1.92. The number of esters is 1. The first-order valence-electron chi connectivity index (χ1n) is 9.47. The smallest absolute Gasteiger partial charge is 0.339 e. The average molecular weight is 419 g/mol. The van der Waals surface area contributed by atoms with E-state index in [9.17, 15) is 13.2 Å². The van der Waals surface area contributed by atoms with Gasteiger partial charge in [-0.2, -0.15) is 0 Å². The second kappa shape index (κ2) is 9.49. The van der Waals surface area contributed by atoms with Crippen LogP contribution in [0.15, 0.2) is 53.4 Å². The van der Waals surface area contributed by atoms with Gasteiger partial charge in [0.1, 0.15) is 0 Å². The molecule has 156 valence electrons. The summed E-state index contributed by atoms with van der Waals surface area (Å²) in [6, 6.07) is 13.4. The number of methoxy groups -OCH3 is 1. The lowest BCUT2D eigenvalue weighted by molar-refractivity contribution is 0.0345. The second-order valence-electron chi connectivity index (χ2n) is 6.99. The Kier molecular flexibility index (Phi) is 7.02. The molecule has 0 spiro atoms. The highest BCUT2D eigenvalue weighted by molar-refractivity contribution is 7.89. The van der Waals surface area contributed by atoms with E-state index in [1.165, 1.54) is 19.2 Å². The highest BCUT2D eigenvalue weighted by Crippen LogP contribution is 2.22. The van der Waals surface area contributed by atoms with Gasteiger partial charge in [-0.15, -0.1) is 0 Å². The SMILES string of the molecule is COC(=O)c1ccccc1S(=O)(=O)N[C@H](CN1CCOCC1)c1ccc(C)cc1. The fourth-order valence-corrected chi connectivity index (χ4v) is 4.69. The molecule has 3 rings (SSSR count). The molecule has 29 heavy (non-hydrogen) atoms. The standard InChI is InChI=1S/C21H26N2O5S/c1-16-7-9-17(10-8-16)19(15-23-11-13-28-14-12-23)22-29(25,26)20-6-4-3-5-18(20)21(24)27-2/h3-10,19,22H,11-15H2,1-2H3/t19-/m1/s1. The van der Waals surface area contributed by atoms with Crippen LogP contribution in [0.5, 0.6) is 0 Å². The van der Waals surface area contributed by atoms with E-state index in [1.807, 2.05) is 31.2 Å². The molecule has 0 radical (unpaired) electrons. The van der Waals surface area contributed by atoms with Crippen molar-refractivity contribution in [3.05, 3.63) is 65.2 Å². The van der Waals surface area contributed by atoms with Gasteiger partial charge in [-0.3, -0.25) is 4.90 Å². The predicted octanol–water partition coefficient (Wildman–Crippen LogP) is 2.13. The van der Waals surface area contributed by atoms with Crippen LogP contribution in [0, 0.1) is 6.92 Å². The predicted molar refractivity (Wildman–Crippen MR) is 109 cm³/mol. The van der Waals surface area contributed by atoms with Gasteiger partial charge in [0, 0.05) is 19.6 Å². The Bertz CT molecular complexity index is 938. The molecule has 1 heterocycles. The van der Waals surface area contributed by atoms with E-state index in [2.05, 4.69) is 9.62 Å². The Hall–Kier alpha value is -2.26. The molecular weight excluding hydrogens is 392 g/mol. The Morgan fingerprint density at radius 1 is 1.14 bits per heavy atom. The number of hydrogen-bond acceptors (Lipinski definition) is 6. The fraction of sp³-hybridized carbons (Fsp3) is 0.381. The van der Waals surface area contributed by atoms with Gasteiger partial charge in [0.15, 0.2) is 0 Å². The van der Waals surface area contributed by atoms with E-state index in [4.69, 9.17) is 9.47 Å². The van der Waals surface area contributed by atoms with Gasteiger partial charge in [-0.1, -0.05) is 42.0 Å². The molecule has 7 nitrogen and oxygen atoms in total. The number of nitrogens with one attached hydrogen (secondary N) is 1. The van der Waals surface area contributed by atoms with Crippen LogP contribution in [0.3, 0.4) is 0 Å². The van der Waals surface area contributed by atoms with Crippen LogP contribution >= 0.6 is 0 Å². The highest BCUT2D eigenvalue weighted by Gasteiger charge is 2.28. The molecule has 1 aliphatic heterocycles. The number of hydrogen-bond donors (Lipinski definition) is 1. The van der Waals surface area contributed by atoms with E-state index >= 15 is 0 Å². The lowest BCUT2D eigenvalue weighted by Crippen LogP contribution is -2.43. The van der Waals surface area contributed by atoms with Crippen molar-refractivity contribution in [2.24, 2.45) is 0 Å². The number of nitrogens with zero attached hydrogens (tertiary/aromatic N) is 1. The summed E-state index contributed by atoms with van der Waals surface area (Å²) in [5, 5.41) is 0. The number of morpholine rings is 1. The van der Waals surface area contributed by atoms with Gasteiger partial charge in [-0.25, -0.2) is 17.9 Å². The summed E-state index contributed by atoms with van der Waals surface area (Å²) in [5.74, 6) is -0.689. The Morgan fingerprint density at radius 2 is 1.79 bits per heavy atom. The normalized spacial score (nSPS) is 16.3. The maximum Gasteiger partial charge on any atom is 0.339 e. The molecule has 1 atom stereocenters. The van der Waals surface area contributed by atoms with Gasteiger partial charge in [0.05, 0.1) is 36.8 Å². The molecule has 1 fully saturated rings. The largest absolute Gasteiger partial charge is 0.465 e. The van der Waals surface area contributed by atoms with E-state index in [0.29, 0.717) is 19.8 Å². The molecule has 1 saturated heterocycles. The molecule has 0 aromatic heterocycles. The first-order chi connectivity index (χ1) is 13.9. The summed E-state index contributed by atoms with van der Waals surface area (Å²) in [5.41, 5.74) is 1.97. The maximum absolute atomic E-state index is 13.2. The monoisotopic (exact) mass is 418 g/mol. The molecule has 2 aromatic carbocycles. The zero-order valence-corrected chi connectivity index (χ0v) is 17.4. The van der Waals surface area contributed by atoms with Gasteiger partial charge in [-0.05, 0) is 24.6 Å². The molecule has 0 amide bonds. The fourth-order valence-electron chi connectivity index (χ4n) is 3.28. The number of ether oxygens (including phenoxy) is 2. The number of sulfonamides is 1. The van der Waals surface area contributed by atoms with Crippen molar-refractivity contribution >= 4 is 16.0 Å². The topological polar surface area (TPSA) is 84.9 Å². The van der Waals surface area contributed by atoms with Crippen molar-refractivity contribution in [3.8, 4) is 0 Å². The zero-order valence-electron chi connectivity index (χ0n) is 16.6. The highest BCUT2D eigenvalue weighted by atomic mass is 32.2. The van der Waals surface area contributed by atoms with Crippen LogP contribution < -0.4 is 4.72 Å². The van der Waals surface area contributed by atoms with Gasteiger partial charge in [0.2, 0.25) is 10.0 Å². The summed E-state index contributed by atoms with van der Waals surface area (Å²) >= 11 is 0. The van der Waals surface area contributed by atoms with E-state index in [-0.39, 0.29) is 10.5 Å². The van der Waals surface area contributed by atoms with Crippen LogP contribution in [0.2, 0.25) is 0 Å². The van der Waals surface area contributed by atoms with Crippen LogP contribution in [-0.4, -0.2) is 59.2 Å². The molecule has 2 aromatic rings. The maximum atomic E-state index is 13.2. The van der Waals surface area contributed by atoms with Crippen molar-refractivity contribution in [2.75, 3.05) is 40.0 Å². The van der Waals surface area contributed by atoms with Crippen molar-refractivity contribution < 1.29 is 22.7 Å². The minimum absolute atomic E-state index is 0.0107. The molecule has 0 saturated carbocycles. The Morgan fingerprint density at radius 3 is 2.45 bits per heavy atom. The average Bonchev–Trinajstić information content (AvgIpc) is 2.74. The number of carbonyl (C=O) groups is 1. The molecule has 0 bridgehead atoms. The van der Waals surface area contributed by atoms with E-state index in [1.54, 1.807) is 12.1 Å². The van der Waals surface area contributed by atoms with E-state index in [0.717, 1.165) is 24.2 Å². The molecular formula is C21H26N2O5S. The third-order valence-corrected chi connectivity index (χ3v) is 6.43. The summed E-state index contributed by atoms with van der Waals surface area (Å²) in [6.07, 6.45) is 0. The first kappa shape index (κ1) is 21.4. The van der Waals surface area contributed by atoms with E-state index < -0.39 is 22.0 Å². The Labute approximate surface area is 171 Å². The summed E-state index contributed by atoms with van der Waals surface area (Å²) in [7, 11) is -2.73. The van der Waals surface area contributed by atoms with Crippen LogP contribution in [0.4, 0.5) is 0 Å². The zero-order chi connectivity index (χ0) is 20.9. The van der Waals surface area contributed by atoms with Crippen molar-refractivity contribution in [2.45, 2.75) is 17.9 Å².